The van der Waals surface area contributed by atoms with Gasteiger partial charge in [-0.05, 0) is 31.4 Å². The average Bonchev–Trinajstić information content (AvgIpc) is 2.24. The van der Waals surface area contributed by atoms with Crippen LogP contribution in [0, 0.1) is 0 Å². The Hall–Kier alpha value is -0.840. The maximum absolute atomic E-state index is 11.6. The minimum Gasteiger partial charge on any atom is -0.350 e. The molecule has 0 aromatic carbocycles. The molecular formula is C11H17Cl2N3O. The Balaban J connectivity index is 0.00000128. The molecule has 1 saturated carbocycles. The SMILES string of the molecule is Cl.Cl.NC1(CNC(=O)c2cccnc2)CCC1. The zero-order valence-electron chi connectivity index (χ0n) is 9.39. The first-order valence-electron chi connectivity index (χ1n) is 5.17. The molecule has 0 spiro atoms. The lowest BCUT2D eigenvalue weighted by Gasteiger charge is -2.38. The second-order valence-corrected chi connectivity index (χ2v) is 4.14. The zero-order valence-corrected chi connectivity index (χ0v) is 11.0. The molecule has 0 radical (unpaired) electrons. The fourth-order valence-electron chi connectivity index (χ4n) is 1.66. The number of nitrogens with one attached hydrogen (secondary N) is 1. The van der Waals surface area contributed by atoms with Crippen molar-refractivity contribution in [3.05, 3.63) is 30.1 Å². The van der Waals surface area contributed by atoms with E-state index in [9.17, 15) is 4.79 Å². The molecule has 0 atom stereocenters. The molecule has 1 aliphatic rings. The smallest absolute Gasteiger partial charge is 0.252 e. The van der Waals surface area contributed by atoms with Gasteiger partial charge < -0.3 is 11.1 Å². The van der Waals surface area contributed by atoms with Gasteiger partial charge in [0.15, 0.2) is 0 Å². The van der Waals surface area contributed by atoms with Crippen molar-refractivity contribution in [3.63, 3.8) is 0 Å². The van der Waals surface area contributed by atoms with Crippen LogP contribution in [-0.2, 0) is 0 Å². The van der Waals surface area contributed by atoms with Gasteiger partial charge in [0.2, 0.25) is 0 Å². The van der Waals surface area contributed by atoms with Crippen LogP contribution >= 0.6 is 24.8 Å². The number of aromatic nitrogens is 1. The molecule has 1 heterocycles. The number of amides is 1. The predicted molar refractivity (Wildman–Crippen MR) is 71.8 cm³/mol. The normalized spacial score (nSPS) is 15.8. The maximum Gasteiger partial charge on any atom is 0.252 e. The third-order valence-corrected chi connectivity index (χ3v) is 2.87. The van der Waals surface area contributed by atoms with Gasteiger partial charge >= 0.3 is 0 Å². The van der Waals surface area contributed by atoms with Crippen molar-refractivity contribution >= 4 is 30.7 Å². The molecule has 0 unspecified atom stereocenters. The van der Waals surface area contributed by atoms with E-state index in [0.29, 0.717) is 12.1 Å². The lowest BCUT2D eigenvalue weighted by molar-refractivity contribution is 0.0929. The summed E-state index contributed by atoms with van der Waals surface area (Å²) >= 11 is 0. The second kappa shape index (κ2) is 6.79. The first-order chi connectivity index (χ1) is 7.20. The van der Waals surface area contributed by atoms with E-state index in [1.807, 2.05) is 0 Å². The number of carbonyl (C=O) groups excluding carboxylic acids is 1. The summed E-state index contributed by atoms with van der Waals surface area (Å²) < 4.78 is 0. The molecular weight excluding hydrogens is 261 g/mol. The van der Waals surface area contributed by atoms with Crippen molar-refractivity contribution in [2.45, 2.75) is 24.8 Å². The largest absolute Gasteiger partial charge is 0.350 e. The van der Waals surface area contributed by atoms with Gasteiger partial charge in [0.25, 0.3) is 5.91 Å². The molecule has 1 aromatic rings. The second-order valence-electron chi connectivity index (χ2n) is 4.14. The van der Waals surface area contributed by atoms with Gasteiger partial charge in [0, 0.05) is 24.5 Å². The number of pyridine rings is 1. The lowest BCUT2D eigenvalue weighted by Crippen LogP contribution is -2.54. The molecule has 0 saturated heterocycles. The summed E-state index contributed by atoms with van der Waals surface area (Å²) in [6, 6.07) is 3.49. The Labute approximate surface area is 113 Å². The monoisotopic (exact) mass is 277 g/mol. The standard InChI is InChI=1S/C11H15N3O.2ClH/c12-11(4-2-5-11)8-14-10(15)9-3-1-6-13-7-9;;/h1,3,6-7H,2,4-5,8,12H2,(H,14,15);2*1H. The molecule has 1 aliphatic carbocycles. The molecule has 0 aliphatic heterocycles. The number of nitrogens with two attached hydrogens (primary N) is 1. The quantitative estimate of drug-likeness (QED) is 0.881. The maximum atomic E-state index is 11.6. The summed E-state index contributed by atoms with van der Waals surface area (Å²) in [7, 11) is 0. The third-order valence-electron chi connectivity index (χ3n) is 2.87. The van der Waals surface area contributed by atoms with Gasteiger partial charge in [-0.1, -0.05) is 0 Å². The van der Waals surface area contributed by atoms with E-state index in [2.05, 4.69) is 10.3 Å². The fourth-order valence-corrected chi connectivity index (χ4v) is 1.66. The summed E-state index contributed by atoms with van der Waals surface area (Å²) in [6.45, 7) is 0.556. The molecule has 3 N–H and O–H groups in total. The predicted octanol–water partition coefficient (Wildman–Crippen LogP) is 1.54. The first kappa shape index (κ1) is 16.2. The van der Waals surface area contributed by atoms with E-state index in [-0.39, 0.29) is 36.3 Å². The molecule has 1 aromatic heterocycles. The number of halogens is 2. The molecule has 1 amide bonds. The Morgan fingerprint density at radius 1 is 1.47 bits per heavy atom. The van der Waals surface area contributed by atoms with E-state index in [1.54, 1.807) is 24.5 Å². The Morgan fingerprint density at radius 2 is 2.18 bits per heavy atom. The number of nitrogens with zero attached hydrogens (tertiary/aromatic N) is 1. The molecule has 1 fully saturated rings. The first-order valence-corrected chi connectivity index (χ1v) is 5.17. The van der Waals surface area contributed by atoms with Gasteiger partial charge in [-0.15, -0.1) is 24.8 Å². The number of hydrogen-bond donors (Lipinski definition) is 2. The highest BCUT2D eigenvalue weighted by Crippen LogP contribution is 2.28. The van der Waals surface area contributed by atoms with Gasteiger partial charge in [0.1, 0.15) is 0 Å². The van der Waals surface area contributed by atoms with Crippen molar-refractivity contribution in [3.8, 4) is 0 Å². The average molecular weight is 278 g/mol. The van der Waals surface area contributed by atoms with Crippen molar-refractivity contribution in [1.82, 2.24) is 10.3 Å². The lowest BCUT2D eigenvalue weighted by atomic mass is 9.78. The van der Waals surface area contributed by atoms with E-state index >= 15 is 0 Å². The van der Waals surface area contributed by atoms with Crippen LogP contribution in [0.1, 0.15) is 29.6 Å². The Bertz CT molecular complexity index is 355. The summed E-state index contributed by atoms with van der Waals surface area (Å²) in [4.78, 5) is 15.5. The number of hydrogen-bond acceptors (Lipinski definition) is 3. The van der Waals surface area contributed by atoms with Crippen LogP contribution in [0.4, 0.5) is 0 Å². The van der Waals surface area contributed by atoms with Crippen LogP contribution in [0.25, 0.3) is 0 Å². The molecule has 96 valence electrons. The van der Waals surface area contributed by atoms with Crippen LogP contribution in [0.5, 0.6) is 0 Å². The van der Waals surface area contributed by atoms with Crippen LogP contribution in [-0.4, -0.2) is 23.0 Å². The van der Waals surface area contributed by atoms with E-state index in [1.165, 1.54) is 6.42 Å². The van der Waals surface area contributed by atoms with E-state index in [0.717, 1.165) is 12.8 Å². The van der Waals surface area contributed by atoms with Gasteiger partial charge in [-0.25, -0.2) is 0 Å². The summed E-state index contributed by atoms with van der Waals surface area (Å²) in [6.07, 6.45) is 6.37. The summed E-state index contributed by atoms with van der Waals surface area (Å²) in [5, 5.41) is 2.84. The van der Waals surface area contributed by atoms with Gasteiger partial charge in [-0.2, -0.15) is 0 Å². The highest BCUT2D eigenvalue weighted by Gasteiger charge is 2.32. The topological polar surface area (TPSA) is 68.0 Å². The van der Waals surface area contributed by atoms with E-state index < -0.39 is 0 Å². The van der Waals surface area contributed by atoms with Crippen molar-refractivity contribution in [2.24, 2.45) is 5.73 Å². The Morgan fingerprint density at radius 3 is 2.65 bits per heavy atom. The molecule has 6 heteroatoms. The minimum absolute atomic E-state index is 0. The van der Waals surface area contributed by atoms with Crippen LogP contribution in [0.3, 0.4) is 0 Å². The van der Waals surface area contributed by atoms with Crippen molar-refractivity contribution < 1.29 is 4.79 Å². The van der Waals surface area contributed by atoms with Crippen molar-refractivity contribution in [1.29, 1.82) is 0 Å². The van der Waals surface area contributed by atoms with Crippen LogP contribution in [0.15, 0.2) is 24.5 Å². The molecule has 17 heavy (non-hydrogen) atoms. The molecule has 0 bridgehead atoms. The molecule has 4 nitrogen and oxygen atoms in total. The molecule has 2 rings (SSSR count). The third kappa shape index (κ3) is 4.15. The van der Waals surface area contributed by atoms with Gasteiger partial charge in [0.05, 0.1) is 5.56 Å². The number of rotatable bonds is 3. The zero-order chi connectivity index (χ0) is 10.7. The van der Waals surface area contributed by atoms with E-state index in [4.69, 9.17) is 5.73 Å². The highest BCUT2D eigenvalue weighted by atomic mass is 35.5. The minimum atomic E-state index is -0.169. The summed E-state index contributed by atoms with van der Waals surface area (Å²) in [5.74, 6) is -0.0974. The highest BCUT2D eigenvalue weighted by molar-refractivity contribution is 5.93. The van der Waals surface area contributed by atoms with Gasteiger partial charge in [-0.3, -0.25) is 9.78 Å². The van der Waals surface area contributed by atoms with Crippen molar-refractivity contribution in [2.75, 3.05) is 6.54 Å². The number of carbonyl (C=O) groups is 1. The van der Waals surface area contributed by atoms with Crippen LogP contribution < -0.4 is 11.1 Å². The fraction of sp³-hybridized carbons (Fsp3) is 0.455. The summed E-state index contributed by atoms with van der Waals surface area (Å²) in [5.41, 5.74) is 6.41. The Kier molecular flexibility index (Phi) is 6.45. The van der Waals surface area contributed by atoms with Crippen LogP contribution in [0.2, 0.25) is 0 Å².